The van der Waals surface area contributed by atoms with Crippen molar-refractivity contribution in [2.45, 2.75) is 26.3 Å². The Bertz CT molecular complexity index is 786. The maximum atomic E-state index is 5.90. The Hall–Kier alpha value is -1.47. The highest BCUT2D eigenvalue weighted by molar-refractivity contribution is 9.10. The first-order chi connectivity index (χ1) is 11.1. The minimum absolute atomic E-state index is 0.290. The average Bonchev–Trinajstić information content (AvgIpc) is 3.12. The smallest absolute Gasteiger partial charge is 0.234 e. The van der Waals surface area contributed by atoms with Crippen LogP contribution < -0.4 is 9.04 Å². The normalized spacial score (nSPS) is 17.1. The van der Waals surface area contributed by atoms with Crippen LogP contribution in [0.25, 0.3) is 5.57 Å². The Morgan fingerprint density at radius 2 is 2.22 bits per heavy atom. The van der Waals surface area contributed by atoms with E-state index in [0.717, 1.165) is 29.1 Å². The van der Waals surface area contributed by atoms with Gasteiger partial charge in [0.1, 0.15) is 12.1 Å². The number of rotatable bonds is 2. The molecule has 2 aliphatic heterocycles. The fourth-order valence-electron chi connectivity index (χ4n) is 2.90. The predicted molar refractivity (Wildman–Crippen MR) is 96.5 cm³/mol. The van der Waals surface area contributed by atoms with Crippen LogP contribution in [-0.2, 0) is 0 Å². The van der Waals surface area contributed by atoms with E-state index in [1.54, 1.807) is 18.3 Å². The van der Waals surface area contributed by atoms with Crippen LogP contribution in [0, 0.1) is 0 Å². The molecule has 0 bridgehead atoms. The van der Waals surface area contributed by atoms with E-state index >= 15 is 0 Å². The maximum Gasteiger partial charge on any atom is 0.234 e. The number of benzene rings is 1. The van der Waals surface area contributed by atoms with E-state index in [4.69, 9.17) is 4.74 Å². The number of ether oxygens (including phenoxy) is 1. The zero-order valence-corrected chi connectivity index (χ0v) is 15.4. The number of halogens is 1. The second kappa shape index (κ2) is 5.87. The monoisotopic (exact) mass is 392 g/mol. The lowest BCUT2D eigenvalue weighted by Gasteiger charge is -2.19. The van der Waals surface area contributed by atoms with Gasteiger partial charge in [-0.2, -0.15) is 10.1 Å². The molecule has 0 unspecified atom stereocenters. The van der Waals surface area contributed by atoms with Gasteiger partial charge in [0.05, 0.1) is 19.2 Å². The SMILES string of the molecule is CC(C)n1ncnc1N1CC2=C(CCOc3ccc(Br)cc32)S1. The molecule has 0 amide bonds. The van der Waals surface area contributed by atoms with Gasteiger partial charge in [-0.15, -0.1) is 0 Å². The molecular formula is C16H17BrN4OS. The minimum Gasteiger partial charge on any atom is -0.493 e. The largest absolute Gasteiger partial charge is 0.493 e. The summed E-state index contributed by atoms with van der Waals surface area (Å²) in [6, 6.07) is 6.50. The van der Waals surface area contributed by atoms with Crippen molar-refractivity contribution in [2.75, 3.05) is 17.5 Å². The molecule has 0 radical (unpaired) electrons. The number of aromatic nitrogens is 3. The third-order valence-electron chi connectivity index (χ3n) is 3.98. The molecule has 4 rings (SSSR count). The van der Waals surface area contributed by atoms with Crippen LogP contribution in [0.2, 0.25) is 0 Å². The summed E-state index contributed by atoms with van der Waals surface area (Å²) in [4.78, 5) is 5.83. The van der Waals surface area contributed by atoms with Crippen LogP contribution in [0.3, 0.4) is 0 Å². The van der Waals surface area contributed by atoms with Crippen LogP contribution >= 0.6 is 27.9 Å². The molecule has 7 heteroatoms. The van der Waals surface area contributed by atoms with Crippen molar-refractivity contribution in [3.63, 3.8) is 0 Å². The molecule has 0 aliphatic carbocycles. The van der Waals surface area contributed by atoms with Crippen molar-refractivity contribution in [3.05, 3.63) is 39.5 Å². The summed E-state index contributed by atoms with van der Waals surface area (Å²) in [6.45, 7) is 5.78. The Balaban J connectivity index is 1.70. The fourth-order valence-corrected chi connectivity index (χ4v) is 4.39. The second-order valence-corrected chi connectivity index (χ2v) is 7.90. The predicted octanol–water partition coefficient (Wildman–Crippen LogP) is 4.28. The third-order valence-corrected chi connectivity index (χ3v) is 5.66. The Morgan fingerprint density at radius 3 is 3.04 bits per heavy atom. The Morgan fingerprint density at radius 1 is 1.35 bits per heavy atom. The lowest BCUT2D eigenvalue weighted by molar-refractivity contribution is 0.326. The van der Waals surface area contributed by atoms with Gasteiger partial charge >= 0.3 is 0 Å². The van der Waals surface area contributed by atoms with Crippen LogP contribution in [0.5, 0.6) is 5.75 Å². The van der Waals surface area contributed by atoms with Crippen molar-refractivity contribution in [1.82, 2.24) is 14.8 Å². The van der Waals surface area contributed by atoms with Gasteiger partial charge in [-0.05, 0) is 49.6 Å². The Labute approximate surface area is 148 Å². The molecule has 1 aromatic heterocycles. The van der Waals surface area contributed by atoms with Gasteiger partial charge in [0, 0.05) is 21.4 Å². The molecule has 0 atom stereocenters. The molecule has 3 heterocycles. The van der Waals surface area contributed by atoms with Gasteiger partial charge < -0.3 is 4.74 Å². The first kappa shape index (κ1) is 15.1. The summed E-state index contributed by atoms with van der Waals surface area (Å²) in [5.41, 5.74) is 2.51. The highest BCUT2D eigenvalue weighted by Crippen LogP contribution is 2.46. The van der Waals surface area contributed by atoms with E-state index < -0.39 is 0 Å². The number of anilines is 1. The number of fused-ring (bicyclic) bond motifs is 2. The zero-order valence-electron chi connectivity index (χ0n) is 13.0. The first-order valence-electron chi connectivity index (χ1n) is 7.63. The molecular weight excluding hydrogens is 376 g/mol. The van der Waals surface area contributed by atoms with Gasteiger partial charge in [-0.1, -0.05) is 15.9 Å². The van der Waals surface area contributed by atoms with Crippen molar-refractivity contribution in [2.24, 2.45) is 0 Å². The van der Waals surface area contributed by atoms with E-state index in [0.29, 0.717) is 12.6 Å². The van der Waals surface area contributed by atoms with E-state index in [2.05, 4.69) is 50.2 Å². The lowest BCUT2D eigenvalue weighted by Crippen LogP contribution is -2.19. The fraction of sp³-hybridized carbons (Fsp3) is 0.375. The van der Waals surface area contributed by atoms with Crippen molar-refractivity contribution < 1.29 is 4.74 Å². The third kappa shape index (κ3) is 2.65. The summed E-state index contributed by atoms with van der Waals surface area (Å²) in [5, 5.41) is 4.35. The van der Waals surface area contributed by atoms with E-state index in [9.17, 15) is 0 Å². The van der Waals surface area contributed by atoms with Crippen LogP contribution in [-0.4, -0.2) is 27.9 Å². The van der Waals surface area contributed by atoms with Crippen LogP contribution in [0.4, 0.5) is 5.95 Å². The molecule has 0 saturated heterocycles. The number of hydrogen-bond acceptors (Lipinski definition) is 5. The summed E-state index contributed by atoms with van der Waals surface area (Å²) < 4.78 is 11.2. The van der Waals surface area contributed by atoms with Crippen LogP contribution in [0.15, 0.2) is 33.9 Å². The van der Waals surface area contributed by atoms with Gasteiger partial charge in [0.25, 0.3) is 0 Å². The molecule has 0 spiro atoms. The standard InChI is InChI=1S/C16H17BrN4OS/c1-10(2)21-16(18-9-19-21)20-8-13-12-7-11(17)3-4-14(12)22-6-5-15(13)23-20/h3-4,7,9-10H,5-6,8H2,1-2H3. The average molecular weight is 393 g/mol. The summed E-state index contributed by atoms with van der Waals surface area (Å²) in [6.07, 6.45) is 2.56. The topological polar surface area (TPSA) is 43.2 Å². The molecule has 23 heavy (non-hydrogen) atoms. The Kier molecular flexibility index (Phi) is 3.85. The minimum atomic E-state index is 0.290. The summed E-state index contributed by atoms with van der Waals surface area (Å²) >= 11 is 5.33. The van der Waals surface area contributed by atoms with E-state index in [1.807, 2.05) is 16.8 Å². The first-order valence-corrected chi connectivity index (χ1v) is 9.20. The molecule has 0 fully saturated rings. The molecule has 2 aromatic rings. The van der Waals surface area contributed by atoms with E-state index in [-0.39, 0.29) is 0 Å². The van der Waals surface area contributed by atoms with Gasteiger partial charge in [-0.25, -0.2) is 4.68 Å². The van der Waals surface area contributed by atoms with Gasteiger partial charge in [0.2, 0.25) is 5.95 Å². The lowest BCUT2D eigenvalue weighted by atomic mass is 10.0. The number of nitrogens with zero attached hydrogens (tertiary/aromatic N) is 4. The highest BCUT2D eigenvalue weighted by atomic mass is 79.9. The maximum absolute atomic E-state index is 5.90. The zero-order chi connectivity index (χ0) is 16.0. The van der Waals surface area contributed by atoms with Crippen molar-refractivity contribution in [3.8, 4) is 5.75 Å². The molecule has 2 aliphatic rings. The van der Waals surface area contributed by atoms with Crippen molar-refractivity contribution in [1.29, 1.82) is 0 Å². The molecule has 120 valence electrons. The molecule has 0 N–H and O–H groups in total. The van der Waals surface area contributed by atoms with Crippen LogP contribution in [0.1, 0.15) is 31.9 Å². The second-order valence-electron chi connectivity index (χ2n) is 5.87. The quantitative estimate of drug-likeness (QED) is 0.713. The highest BCUT2D eigenvalue weighted by Gasteiger charge is 2.31. The van der Waals surface area contributed by atoms with Crippen molar-refractivity contribution >= 4 is 39.4 Å². The van der Waals surface area contributed by atoms with Gasteiger partial charge in [-0.3, -0.25) is 4.31 Å². The van der Waals surface area contributed by atoms with Gasteiger partial charge in [0.15, 0.2) is 0 Å². The number of hydrogen-bond donors (Lipinski definition) is 0. The summed E-state index contributed by atoms with van der Waals surface area (Å²) in [5.74, 6) is 1.88. The van der Waals surface area contributed by atoms with E-state index in [1.165, 1.54) is 16.0 Å². The molecule has 0 saturated carbocycles. The molecule has 5 nitrogen and oxygen atoms in total. The summed E-state index contributed by atoms with van der Waals surface area (Å²) in [7, 11) is 0. The molecule has 1 aromatic carbocycles.